The molecule has 0 aliphatic carbocycles. The van der Waals surface area contributed by atoms with Gasteiger partial charge in [0.25, 0.3) is 0 Å². The monoisotopic (exact) mass is 256 g/mol. The first-order valence-electron chi connectivity index (χ1n) is 6.58. The van der Waals surface area contributed by atoms with Gasteiger partial charge in [0, 0.05) is 23.5 Å². The lowest BCUT2D eigenvalue weighted by molar-refractivity contribution is 0.281. The van der Waals surface area contributed by atoms with Gasteiger partial charge in [-0.1, -0.05) is 18.2 Å². The maximum atomic E-state index is 9.61. The third kappa shape index (κ3) is 2.76. The normalized spacial score (nSPS) is 10.5. The van der Waals surface area contributed by atoms with Crippen molar-refractivity contribution in [2.75, 3.05) is 11.4 Å². The van der Waals surface area contributed by atoms with E-state index in [1.807, 2.05) is 38.1 Å². The molecule has 1 N–H and O–H groups in total. The summed E-state index contributed by atoms with van der Waals surface area (Å²) >= 11 is 0. The number of aryl methyl sites for hydroxylation is 2. The number of nitrogens with zero attached hydrogens (tertiary/aromatic N) is 2. The van der Waals surface area contributed by atoms with Gasteiger partial charge in [-0.05, 0) is 44.5 Å². The molecule has 0 amide bonds. The molecule has 2 aromatic rings. The lowest BCUT2D eigenvalue weighted by atomic mass is 10.1. The highest BCUT2D eigenvalue weighted by Crippen LogP contribution is 2.28. The molecule has 3 heteroatoms. The van der Waals surface area contributed by atoms with Gasteiger partial charge in [0.15, 0.2) is 0 Å². The number of benzene rings is 1. The summed E-state index contributed by atoms with van der Waals surface area (Å²) in [6.07, 6.45) is 0. The van der Waals surface area contributed by atoms with Crippen LogP contribution in [0.3, 0.4) is 0 Å². The topological polar surface area (TPSA) is 36.4 Å². The summed E-state index contributed by atoms with van der Waals surface area (Å²) in [4.78, 5) is 6.75. The van der Waals surface area contributed by atoms with Gasteiger partial charge in [-0.15, -0.1) is 0 Å². The van der Waals surface area contributed by atoms with Crippen LogP contribution in [0.25, 0.3) is 0 Å². The zero-order valence-electron chi connectivity index (χ0n) is 11.7. The maximum Gasteiger partial charge on any atom is 0.139 e. The molecule has 0 aliphatic rings. The maximum absolute atomic E-state index is 9.61. The van der Waals surface area contributed by atoms with Crippen LogP contribution in [-0.4, -0.2) is 16.6 Å². The summed E-state index contributed by atoms with van der Waals surface area (Å²) in [5.74, 6) is 0.855. The van der Waals surface area contributed by atoms with Crippen molar-refractivity contribution in [2.45, 2.75) is 27.4 Å². The summed E-state index contributed by atoms with van der Waals surface area (Å²) in [5.41, 5.74) is 4.05. The Kier molecular flexibility index (Phi) is 4.17. The van der Waals surface area contributed by atoms with Crippen LogP contribution in [0.15, 0.2) is 36.4 Å². The predicted molar refractivity (Wildman–Crippen MR) is 78.8 cm³/mol. The van der Waals surface area contributed by atoms with Crippen molar-refractivity contribution in [2.24, 2.45) is 0 Å². The lowest BCUT2D eigenvalue weighted by Crippen LogP contribution is -2.20. The van der Waals surface area contributed by atoms with E-state index in [0.717, 1.165) is 34.9 Å². The van der Waals surface area contributed by atoms with Gasteiger partial charge >= 0.3 is 0 Å². The molecule has 3 nitrogen and oxygen atoms in total. The van der Waals surface area contributed by atoms with E-state index in [2.05, 4.69) is 28.9 Å². The third-order valence-electron chi connectivity index (χ3n) is 3.25. The second kappa shape index (κ2) is 5.85. The summed E-state index contributed by atoms with van der Waals surface area (Å²) in [6.45, 7) is 6.91. The van der Waals surface area contributed by atoms with Crippen molar-refractivity contribution in [3.63, 3.8) is 0 Å². The Hall–Kier alpha value is -1.87. The quantitative estimate of drug-likeness (QED) is 0.911. The number of hydrogen-bond acceptors (Lipinski definition) is 3. The Labute approximate surface area is 114 Å². The molecule has 0 aliphatic heterocycles. The van der Waals surface area contributed by atoms with Crippen molar-refractivity contribution in [3.05, 3.63) is 53.2 Å². The zero-order chi connectivity index (χ0) is 13.8. The smallest absolute Gasteiger partial charge is 0.139 e. The molecular formula is C16H20N2O. The Morgan fingerprint density at radius 3 is 2.42 bits per heavy atom. The van der Waals surface area contributed by atoms with Gasteiger partial charge in [-0.25, -0.2) is 4.98 Å². The number of hydrogen-bond donors (Lipinski definition) is 1. The molecule has 1 aromatic carbocycles. The molecule has 19 heavy (non-hydrogen) atoms. The molecule has 0 saturated heterocycles. The van der Waals surface area contributed by atoms with Gasteiger partial charge in [0.1, 0.15) is 5.82 Å². The van der Waals surface area contributed by atoms with E-state index in [1.165, 1.54) is 0 Å². The van der Waals surface area contributed by atoms with Crippen molar-refractivity contribution in [1.29, 1.82) is 0 Å². The van der Waals surface area contributed by atoms with Crippen LogP contribution in [0.1, 0.15) is 23.7 Å². The summed E-state index contributed by atoms with van der Waals surface area (Å²) in [5, 5.41) is 9.61. The number of aliphatic hydroxyl groups is 1. The van der Waals surface area contributed by atoms with E-state index in [4.69, 9.17) is 0 Å². The number of rotatable bonds is 4. The first kappa shape index (κ1) is 13.6. The highest BCUT2D eigenvalue weighted by molar-refractivity contribution is 5.64. The fourth-order valence-corrected chi connectivity index (χ4v) is 2.32. The predicted octanol–water partition coefficient (Wildman–Crippen LogP) is 3.35. The number of para-hydroxylation sites is 1. The second-order valence-corrected chi connectivity index (χ2v) is 4.62. The fraction of sp³-hybridized carbons (Fsp3) is 0.312. The molecular weight excluding hydrogens is 236 g/mol. The minimum absolute atomic E-state index is 0.0117. The van der Waals surface area contributed by atoms with Gasteiger partial charge in [0.05, 0.1) is 6.61 Å². The molecule has 0 spiro atoms. The number of aromatic nitrogens is 1. The van der Waals surface area contributed by atoms with E-state index in [-0.39, 0.29) is 6.61 Å². The Morgan fingerprint density at radius 1 is 1.16 bits per heavy atom. The highest BCUT2D eigenvalue weighted by Gasteiger charge is 2.15. The fourth-order valence-electron chi connectivity index (χ4n) is 2.32. The number of aliphatic hydroxyl groups excluding tert-OH is 1. The second-order valence-electron chi connectivity index (χ2n) is 4.62. The highest BCUT2D eigenvalue weighted by atomic mass is 16.3. The van der Waals surface area contributed by atoms with E-state index >= 15 is 0 Å². The van der Waals surface area contributed by atoms with Crippen molar-refractivity contribution in [3.8, 4) is 0 Å². The average molecular weight is 256 g/mol. The molecule has 0 radical (unpaired) electrons. The van der Waals surface area contributed by atoms with Crippen LogP contribution in [-0.2, 0) is 6.61 Å². The van der Waals surface area contributed by atoms with Crippen LogP contribution in [0.4, 0.5) is 11.5 Å². The van der Waals surface area contributed by atoms with Crippen LogP contribution in [0.2, 0.25) is 0 Å². The molecule has 0 bridgehead atoms. The molecule has 100 valence electrons. The largest absolute Gasteiger partial charge is 0.392 e. The van der Waals surface area contributed by atoms with Crippen molar-refractivity contribution in [1.82, 2.24) is 4.98 Å². The summed E-state index contributed by atoms with van der Waals surface area (Å²) < 4.78 is 0. The molecule has 2 rings (SSSR count). The molecule has 0 fully saturated rings. The molecule has 0 atom stereocenters. The van der Waals surface area contributed by atoms with Gasteiger partial charge in [-0.2, -0.15) is 0 Å². The lowest BCUT2D eigenvalue weighted by Gasteiger charge is -2.25. The number of anilines is 2. The van der Waals surface area contributed by atoms with Crippen LogP contribution in [0, 0.1) is 13.8 Å². The number of pyridine rings is 1. The first-order chi connectivity index (χ1) is 9.17. The summed E-state index contributed by atoms with van der Waals surface area (Å²) in [7, 11) is 0. The van der Waals surface area contributed by atoms with Crippen LogP contribution >= 0.6 is 0 Å². The van der Waals surface area contributed by atoms with Crippen molar-refractivity contribution < 1.29 is 5.11 Å². The first-order valence-corrected chi connectivity index (χ1v) is 6.58. The standard InChI is InChI=1S/C16H20N2O/c1-4-18(14-8-6-5-7-9-14)16-15(11-19)12(2)10-13(3)17-16/h5-10,19H,4,11H2,1-3H3. The molecule has 1 heterocycles. The minimum atomic E-state index is 0.0117. The minimum Gasteiger partial charge on any atom is -0.392 e. The summed E-state index contributed by atoms with van der Waals surface area (Å²) in [6, 6.07) is 12.2. The van der Waals surface area contributed by atoms with Crippen LogP contribution in [0.5, 0.6) is 0 Å². The van der Waals surface area contributed by atoms with Crippen molar-refractivity contribution >= 4 is 11.5 Å². The average Bonchev–Trinajstić information content (AvgIpc) is 2.40. The van der Waals surface area contributed by atoms with Gasteiger partial charge < -0.3 is 10.0 Å². The van der Waals surface area contributed by atoms with Gasteiger partial charge in [0.2, 0.25) is 0 Å². The van der Waals surface area contributed by atoms with Crippen LogP contribution < -0.4 is 4.90 Å². The van der Waals surface area contributed by atoms with E-state index in [9.17, 15) is 5.11 Å². The SMILES string of the molecule is CCN(c1ccccc1)c1nc(C)cc(C)c1CO. The van der Waals surface area contributed by atoms with E-state index in [1.54, 1.807) is 0 Å². The van der Waals surface area contributed by atoms with E-state index in [0.29, 0.717) is 0 Å². The Morgan fingerprint density at radius 2 is 1.84 bits per heavy atom. The van der Waals surface area contributed by atoms with E-state index < -0.39 is 0 Å². The molecule has 1 aromatic heterocycles. The Balaban J connectivity index is 2.55. The Bertz CT molecular complexity index is 552. The molecule has 0 saturated carbocycles. The van der Waals surface area contributed by atoms with Gasteiger partial charge in [-0.3, -0.25) is 0 Å². The zero-order valence-corrected chi connectivity index (χ0v) is 11.7. The molecule has 0 unspecified atom stereocenters. The third-order valence-corrected chi connectivity index (χ3v) is 3.25.